The summed E-state index contributed by atoms with van der Waals surface area (Å²) in [6.45, 7) is 6.42. The van der Waals surface area contributed by atoms with Crippen molar-refractivity contribution in [1.82, 2.24) is 0 Å². The van der Waals surface area contributed by atoms with E-state index in [4.69, 9.17) is 4.74 Å². The van der Waals surface area contributed by atoms with Crippen molar-refractivity contribution >= 4 is 5.97 Å². The molecule has 1 saturated heterocycles. The van der Waals surface area contributed by atoms with Crippen LogP contribution >= 0.6 is 0 Å². The van der Waals surface area contributed by atoms with E-state index in [-0.39, 0.29) is 5.97 Å². The maximum Gasteiger partial charge on any atom is 0.306 e. The van der Waals surface area contributed by atoms with E-state index in [2.05, 4.69) is 38.1 Å². The molecule has 0 saturated carbocycles. The van der Waals surface area contributed by atoms with Gasteiger partial charge in [-0.05, 0) is 30.4 Å². The summed E-state index contributed by atoms with van der Waals surface area (Å²) in [7, 11) is 0. The summed E-state index contributed by atoms with van der Waals surface area (Å²) >= 11 is 0. The van der Waals surface area contributed by atoms with Crippen LogP contribution in [0.2, 0.25) is 0 Å². The molecule has 1 aromatic carbocycles. The maximum absolute atomic E-state index is 11.2. The van der Waals surface area contributed by atoms with E-state index in [0.717, 1.165) is 18.4 Å². The van der Waals surface area contributed by atoms with Gasteiger partial charge in [0.2, 0.25) is 0 Å². The molecule has 2 atom stereocenters. The lowest BCUT2D eigenvalue weighted by Gasteiger charge is -2.23. The molecule has 1 aromatic rings. The Balaban J connectivity index is 2.21. The molecule has 1 aliphatic rings. The monoisotopic (exact) mass is 232 g/mol. The van der Waals surface area contributed by atoms with Crippen LogP contribution in [0, 0.1) is 0 Å². The predicted octanol–water partition coefficient (Wildman–Crippen LogP) is 3.75. The Bertz CT molecular complexity index is 407. The average Bonchev–Trinajstić information content (AvgIpc) is 2.70. The van der Waals surface area contributed by atoms with Gasteiger partial charge in [0, 0.05) is 12.8 Å². The Morgan fingerprint density at radius 3 is 2.47 bits per heavy atom. The second-order valence-corrected chi connectivity index (χ2v) is 5.14. The summed E-state index contributed by atoms with van der Waals surface area (Å²) in [6.07, 6.45) is 2.46. The number of hydrogen-bond donors (Lipinski definition) is 0. The van der Waals surface area contributed by atoms with Gasteiger partial charge in [0.15, 0.2) is 0 Å². The molecule has 0 amide bonds. The van der Waals surface area contributed by atoms with Crippen LogP contribution < -0.4 is 0 Å². The normalized spacial score (nSPS) is 25.7. The molecule has 2 heteroatoms. The van der Waals surface area contributed by atoms with E-state index >= 15 is 0 Å². The first-order valence-corrected chi connectivity index (χ1v) is 6.37. The first-order chi connectivity index (χ1) is 8.05. The van der Waals surface area contributed by atoms with Crippen molar-refractivity contribution in [1.29, 1.82) is 0 Å². The smallest absolute Gasteiger partial charge is 0.306 e. The zero-order valence-corrected chi connectivity index (χ0v) is 10.8. The molecule has 0 N–H and O–H groups in total. The SMILES string of the molecule is CCC(C)c1ccc(C2(C)CCC(=O)O2)cc1. The van der Waals surface area contributed by atoms with Gasteiger partial charge in [0.1, 0.15) is 5.60 Å². The number of carbonyl (C=O) groups is 1. The summed E-state index contributed by atoms with van der Waals surface area (Å²) < 4.78 is 5.42. The second kappa shape index (κ2) is 4.52. The fourth-order valence-electron chi connectivity index (χ4n) is 2.30. The third-order valence-electron chi connectivity index (χ3n) is 3.85. The molecule has 92 valence electrons. The van der Waals surface area contributed by atoms with Gasteiger partial charge in [-0.1, -0.05) is 38.1 Å². The summed E-state index contributed by atoms with van der Waals surface area (Å²) in [5.41, 5.74) is 2.05. The molecular weight excluding hydrogens is 212 g/mol. The largest absolute Gasteiger partial charge is 0.454 e. The molecule has 0 aromatic heterocycles. The minimum absolute atomic E-state index is 0.0847. The second-order valence-electron chi connectivity index (χ2n) is 5.14. The van der Waals surface area contributed by atoms with Crippen molar-refractivity contribution in [2.75, 3.05) is 0 Å². The van der Waals surface area contributed by atoms with Crippen LogP contribution in [0.1, 0.15) is 57.1 Å². The van der Waals surface area contributed by atoms with Crippen molar-refractivity contribution < 1.29 is 9.53 Å². The number of rotatable bonds is 3. The standard InChI is InChI=1S/C15H20O2/c1-4-11(2)12-5-7-13(8-6-12)15(3)10-9-14(16)17-15/h5-8,11H,4,9-10H2,1-3H3. The number of ether oxygens (including phenoxy) is 1. The number of benzene rings is 1. The van der Waals surface area contributed by atoms with Crippen molar-refractivity contribution in [2.24, 2.45) is 0 Å². The minimum Gasteiger partial charge on any atom is -0.454 e. The highest BCUT2D eigenvalue weighted by atomic mass is 16.6. The van der Waals surface area contributed by atoms with Gasteiger partial charge in [-0.3, -0.25) is 4.79 Å². The van der Waals surface area contributed by atoms with Gasteiger partial charge in [-0.15, -0.1) is 0 Å². The van der Waals surface area contributed by atoms with Gasteiger partial charge < -0.3 is 4.74 Å². The van der Waals surface area contributed by atoms with E-state index in [1.807, 2.05) is 6.92 Å². The third-order valence-corrected chi connectivity index (χ3v) is 3.85. The quantitative estimate of drug-likeness (QED) is 0.742. The fourth-order valence-corrected chi connectivity index (χ4v) is 2.30. The van der Waals surface area contributed by atoms with Gasteiger partial charge in [0.25, 0.3) is 0 Å². The van der Waals surface area contributed by atoms with E-state index < -0.39 is 5.60 Å². The van der Waals surface area contributed by atoms with Crippen LogP contribution in [-0.2, 0) is 15.1 Å². The Hall–Kier alpha value is -1.31. The molecule has 1 aliphatic heterocycles. The predicted molar refractivity (Wildman–Crippen MR) is 67.8 cm³/mol. The van der Waals surface area contributed by atoms with Crippen molar-refractivity contribution in [3.8, 4) is 0 Å². The molecule has 0 radical (unpaired) electrons. The molecule has 1 heterocycles. The summed E-state index contributed by atoms with van der Waals surface area (Å²) in [4.78, 5) is 11.2. The van der Waals surface area contributed by atoms with Gasteiger partial charge in [-0.2, -0.15) is 0 Å². The average molecular weight is 232 g/mol. The molecule has 2 nitrogen and oxygen atoms in total. The van der Waals surface area contributed by atoms with Gasteiger partial charge in [-0.25, -0.2) is 0 Å². The molecule has 0 bridgehead atoms. The van der Waals surface area contributed by atoms with Crippen molar-refractivity contribution in [3.05, 3.63) is 35.4 Å². The number of hydrogen-bond acceptors (Lipinski definition) is 2. The topological polar surface area (TPSA) is 26.3 Å². The zero-order chi connectivity index (χ0) is 12.5. The summed E-state index contributed by atoms with van der Waals surface area (Å²) in [5.74, 6) is 0.501. The van der Waals surface area contributed by atoms with Gasteiger partial charge >= 0.3 is 5.97 Å². The van der Waals surface area contributed by atoms with E-state index in [0.29, 0.717) is 12.3 Å². The molecule has 0 spiro atoms. The number of cyclic esters (lactones) is 1. The minimum atomic E-state index is -0.412. The van der Waals surface area contributed by atoms with E-state index in [9.17, 15) is 4.79 Å². The van der Waals surface area contributed by atoms with Crippen molar-refractivity contribution in [2.45, 2.75) is 51.6 Å². The zero-order valence-electron chi connectivity index (χ0n) is 10.8. The summed E-state index contributed by atoms with van der Waals surface area (Å²) in [5, 5.41) is 0. The first-order valence-electron chi connectivity index (χ1n) is 6.37. The lowest BCUT2D eigenvalue weighted by Crippen LogP contribution is -2.20. The number of esters is 1. The lowest BCUT2D eigenvalue weighted by atomic mass is 9.90. The van der Waals surface area contributed by atoms with Gasteiger partial charge in [0.05, 0.1) is 0 Å². The maximum atomic E-state index is 11.2. The Kier molecular flexibility index (Phi) is 3.23. The van der Waals surface area contributed by atoms with E-state index in [1.54, 1.807) is 0 Å². The Labute approximate surface area is 103 Å². The molecule has 17 heavy (non-hydrogen) atoms. The lowest BCUT2D eigenvalue weighted by molar-refractivity contribution is -0.147. The molecular formula is C15H20O2. The van der Waals surface area contributed by atoms with Crippen LogP contribution in [0.25, 0.3) is 0 Å². The fraction of sp³-hybridized carbons (Fsp3) is 0.533. The van der Waals surface area contributed by atoms with E-state index in [1.165, 1.54) is 5.56 Å². The molecule has 1 fully saturated rings. The summed E-state index contributed by atoms with van der Waals surface area (Å²) in [6, 6.07) is 8.50. The van der Waals surface area contributed by atoms with Crippen LogP contribution in [0.4, 0.5) is 0 Å². The highest BCUT2D eigenvalue weighted by Crippen LogP contribution is 2.36. The molecule has 0 aliphatic carbocycles. The first kappa shape index (κ1) is 12.2. The highest BCUT2D eigenvalue weighted by Gasteiger charge is 2.37. The van der Waals surface area contributed by atoms with Crippen LogP contribution in [0.15, 0.2) is 24.3 Å². The van der Waals surface area contributed by atoms with Crippen molar-refractivity contribution in [3.63, 3.8) is 0 Å². The van der Waals surface area contributed by atoms with Crippen LogP contribution in [0.3, 0.4) is 0 Å². The third kappa shape index (κ3) is 2.36. The Morgan fingerprint density at radius 1 is 1.35 bits per heavy atom. The Morgan fingerprint density at radius 2 is 2.00 bits per heavy atom. The number of carbonyl (C=O) groups excluding carboxylic acids is 1. The van der Waals surface area contributed by atoms with Crippen LogP contribution in [-0.4, -0.2) is 5.97 Å². The highest BCUT2D eigenvalue weighted by molar-refractivity contribution is 5.72. The molecule has 2 unspecified atom stereocenters. The molecule has 2 rings (SSSR count). The van der Waals surface area contributed by atoms with Crippen LogP contribution in [0.5, 0.6) is 0 Å².